The van der Waals surface area contributed by atoms with Crippen LogP contribution in [0.3, 0.4) is 0 Å². The van der Waals surface area contributed by atoms with Gasteiger partial charge in [-0.1, -0.05) is 84.0 Å². The van der Waals surface area contributed by atoms with Gasteiger partial charge in [0.05, 0.1) is 11.8 Å². The van der Waals surface area contributed by atoms with E-state index in [9.17, 15) is 10.3 Å². The maximum Gasteiger partial charge on any atom is 0.0678 e. The van der Waals surface area contributed by atoms with Gasteiger partial charge in [0, 0.05) is 5.41 Å². The molecule has 0 aromatic heterocycles. The lowest BCUT2D eigenvalue weighted by Gasteiger charge is -2.62. The first-order chi connectivity index (χ1) is 15.3. The Balaban J connectivity index is 1.72. The number of nitrogens with zero attached hydrogens (tertiary/aromatic N) is 1. The molecular formula is C30H51NO2. The summed E-state index contributed by atoms with van der Waals surface area (Å²) in [5.74, 6) is 2.55. The molecule has 2 saturated carbocycles. The number of aliphatic hydroxyl groups is 1. The van der Waals surface area contributed by atoms with Gasteiger partial charge in [-0.2, -0.15) is 0 Å². The fraction of sp³-hybridized carbons (Fsp3) is 0.900. The lowest BCUT2D eigenvalue weighted by atomic mass is 9.43. The van der Waals surface area contributed by atoms with E-state index in [1.165, 1.54) is 32.1 Å². The second kappa shape index (κ2) is 8.38. The van der Waals surface area contributed by atoms with Crippen LogP contribution in [0, 0.1) is 45.3 Å². The first-order valence-electron chi connectivity index (χ1n) is 14.0. The third-order valence-corrected chi connectivity index (χ3v) is 11.9. The summed E-state index contributed by atoms with van der Waals surface area (Å²) in [5.41, 5.74) is 4.51. The van der Waals surface area contributed by atoms with Gasteiger partial charge in [-0.25, -0.2) is 0 Å². The predicted molar refractivity (Wildman–Crippen MR) is 138 cm³/mol. The Morgan fingerprint density at radius 1 is 0.939 bits per heavy atom. The summed E-state index contributed by atoms with van der Waals surface area (Å²) in [6.07, 6.45) is 11.3. The molecule has 33 heavy (non-hydrogen) atoms. The second-order valence-electron chi connectivity index (χ2n) is 14.0. The van der Waals surface area contributed by atoms with Crippen molar-refractivity contribution in [3.63, 3.8) is 0 Å². The fourth-order valence-corrected chi connectivity index (χ4v) is 9.56. The van der Waals surface area contributed by atoms with Gasteiger partial charge in [0.1, 0.15) is 0 Å². The van der Waals surface area contributed by atoms with Crippen molar-refractivity contribution < 1.29 is 10.3 Å². The lowest BCUT2D eigenvalue weighted by Crippen LogP contribution is -2.55. The molecule has 0 heterocycles. The molecule has 3 nitrogen and oxygen atoms in total. The molecule has 188 valence electrons. The minimum atomic E-state index is -0.195. The summed E-state index contributed by atoms with van der Waals surface area (Å²) in [6.45, 7) is 19.2. The van der Waals surface area contributed by atoms with E-state index in [-0.39, 0.29) is 27.8 Å². The maximum atomic E-state index is 10.8. The Hall–Kier alpha value is -0.830. The summed E-state index contributed by atoms with van der Waals surface area (Å²) < 4.78 is 0. The van der Waals surface area contributed by atoms with Gasteiger partial charge in [-0.05, 0) is 91.8 Å². The fourth-order valence-electron chi connectivity index (χ4n) is 9.56. The zero-order valence-electron chi connectivity index (χ0n) is 22.8. The van der Waals surface area contributed by atoms with E-state index >= 15 is 0 Å². The van der Waals surface area contributed by atoms with E-state index in [2.05, 4.69) is 60.5 Å². The molecule has 1 unspecified atom stereocenters. The van der Waals surface area contributed by atoms with Crippen LogP contribution in [0.15, 0.2) is 16.3 Å². The largest absolute Gasteiger partial charge is 0.411 e. The topological polar surface area (TPSA) is 52.8 Å². The average Bonchev–Trinajstić information content (AvgIpc) is 2.98. The average molecular weight is 458 g/mol. The van der Waals surface area contributed by atoms with Crippen LogP contribution in [-0.4, -0.2) is 22.1 Å². The van der Waals surface area contributed by atoms with Crippen molar-refractivity contribution in [2.24, 2.45) is 50.5 Å². The molecule has 0 radical (unpaired) electrons. The van der Waals surface area contributed by atoms with Crippen LogP contribution < -0.4 is 0 Å². The highest BCUT2D eigenvalue weighted by atomic mass is 16.4. The highest BCUT2D eigenvalue weighted by molar-refractivity contribution is 5.96. The summed E-state index contributed by atoms with van der Waals surface area (Å²) in [4.78, 5) is 0. The molecule has 0 aromatic carbocycles. The Bertz CT molecular complexity index is 825. The highest BCUT2D eigenvalue weighted by Gasteiger charge is 2.66. The molecule has 0 saturated heterocycles. The van der Waals surface area contributed by atoms with Crippen molar-refractivity contribution in [3.05, 3.63) is 11.1 Å². The number of fused-ring (bicyclic) bond motifs is 4. The first-order valence-corrected chi connectivity index (χ1v) is 14.0. The molecule has 4 aliphatic rings. The van der Waals surface area contributed by atoms with Crippen LogP contribution in [0.5, 0.6) is 0 Å². The molecule has 0 amide bonds. The zero-order chi connectivity index (χ0) is 24.4. The molecule has 4 rings (SSSR count). The van der Waals surface area contributed by atoms with Crippen LogP contribution in [0.2, 0.25) is 0 Å². The van der Waals surface area contributed by atoms with Crippen molar-refractivity contribution in [2.75, 3.05) is 0 Å². The lowest BCUT2D eigenvalue weighted by molar-refractivity contribution is -0.0948. The quantitative estimate of drug-likeness (QED) is 0.249. The van der Waals surface area contributed by atoms with Gasteiger partial charge in [0.15, 0.2) is 0 Å². The van der Waals surface area contributed by atoms with Crippen molar-refractivity contribution >= 4 is 5.71 Å². The predicted octanol–water partition coefficient (Wildman–Crippen LogP) is 8.00. The number of aliphatic hydroxyl groups excluding tert-OH is 1. The minimum absolute atomic E-state index is 0.0375. The maximum absolute atomic E-state index is 10.8. The highest BCUT2D eigenvalue weighted by Crippen LogP contribution is 2.71. The molecule has 0 aliphatic heterocycles. The van der Waals surface area contributed by atoms with Gasteiger partial charge in [0.2, 0.25) is 0 Å². The Labute approximate surface area is 203 Å². The summed E-state index contributed by atoms with van der Waals surface area (Å²) in [6, 6.07) is 0. The third-order valence-electron chi connectivity index (χ3n) is 11.9. The van der Waals surface area contributed by atoms with Crippen LogP contribution >= 0.6 is 0 Å². The molecular weight excluding hydrogens is 406 g/mol. The van der Waals surface area contributed by atoms with Crippen LogP contribution in [-0.2, 0) is 0 Å². The van der Waals surface area contributed by atoms with Crippen LogP contribution in [0.4, 0.5) is 0 Å². The molecule has 0 aromatic rings. The van der Waals surface area contributed by atoms with E-state index in [0.29, 0.717) is 17.8 Å². The van der Waals surface area contributed by atoms with Gasteiger partial charge >= 0.3 is 0 Å². The van der Waals surface area contributed by atoms with E-state index in [0.717, 1.165) is 43.7 Å². The van der Waals surface area contributed by atoms with E-state index in [1.54, 1.807) is 11.1 Å². The third kappa shape index (κ3) is 3.49. The van der Waals surface area contributed by atoms with Crippen LogP contribution in [0.1, 0.15) is 120 Å². The van der Waals surface area contributed by atoms with Crippen molar-refractivity contribution in [1.29, 1.82) is 0 Å². The van der Waals surface area contributed by atoms with Gasteiger partial charge in [-0.3, -0.25) is 0 Å². The van der Waals surface area contributed by atoms with Crippen molar-refractivity contribution in [2.45, 2.75) is 126 Å². The minimum Gasteiger partial charge on any atom is -0.411 e. The second-order valence-corrected chi connectivity index (χ2v) is 14.0. The van der Waals surface area contributed by atoms with Crippen LogP contribution in [0.25, 0.3) is 0 Å². The van der Waals surface area contributed by atoms with Gasteiger partial charge in [-0.15, -0.1) is 0 Å². The molecule has 7 atom stereocenters. The van der Waals surface area contributed by atoms with Crippen molar-refractivity contribution in [3.8, 4) is 0 Å². The smallest absolute Gasteiger partial charge is 0.0678 e. The molecule has 3 heteroatoms. The molecule has 0 spiro atoms. The number of allylic oxidation sites excluding steroid dienone is 2. The Morgan fingerprint density at radius 3 is 2.27 bits per heavy atom. The monoisotopic (exact) mass is 457 g/mol. The standard InChI is InChI=1S/C30H51NO2/c1-19(2)10-9-11-20(3)23-18-25(31-33)30(8)22-12-13-24-27(4,5)26(32)15-16-28(24,6)21(22)14-17-29(23,30)7/h19-20,23-24,26,32-33H,9-18H2,1-8H3/t20-,23-,24?,26+,28-,29-,30-/m1/s1. The van der Waals surface area contributed by atoms with Gasteiger partial charge < -0.3 is 10.3 Å². The van der Waals surface area contributed by atoms with E-state index < -0.39 is 0 Å². The normalized spacial score (nSPS) is 44.5. The summed E-state index contributed by atoms with van der Waals surface area (Å²) >= 11 is 0. The number of hydrogen-bond acceptors (Lipinski definition) is 3. The summed E-state index contributed by atoms with van der Waals surface area (Å²) in [5, 5.41) is 25.1. The first kappa shape index (κ1) is 25.3. The van der Waals surface area contributed by atoms with E-state index in [1.807, 2.05) is 0 Å². The zero-order valence-corrected chi connectivity index (χ0v) is 22.8. The van der Waals surface area contributed by atoms with Crippen molar-refractivity contribution in [1.82, 2.24) is 0 Å². The Kier molecular flexibility index (Phi) is 6.42. The molecule has 2 N–H and O–H groups in total. The molecule has 4 aliphatic carbocycles. The number of hydrogen-bond donors (Lipinski definition) is 2. The van der Waals surface area contributed by atoms with E-state index in [4.69, 9.17) is 0 Å². The molecule has 2 fully saturated rings. The Morgan fingerprint density at radius 2 is 1.64 bits per heavy atom. The SMILES string of the molecule is CC(C)CCC[C@@H](C)[C@H]1CC(=NO)[C@@]2(C)C3=C(CC[C@]12C)[C@@]1(C)CC[C@H](O)C(C)(C)C1CC3. The molecule has 0 bridgehead atoms. The number of rotatable bonds is 5. The van der Waals surface area contributed by atoms with Gasteiger partial charge in [0.25, 0.3) is 0 Å². The number of oxime groups is 1. The summed E-state index contributed by atoms with van der Waals surface area (Å²) in [7, 11) is 0.